The number of pyridine rings is 1. The lowest BCUT2D eigenvalue weighted by Gasteiger charge is -2.02. The van der Waals surface area contributed by atoms with Gasteiger partial charge in [0.1, 0.15) is 5.82 Å². The van der Waals surface area contributed by atoms with Crippen LogP contribution < -0.4 is 4.74 Å². The third-order valence-corrected chi connectivity index (χ3v) is 1.86. The van der Waals surface area contributed by atoms with E-state index in [2.05, 4.69) is 4.98 Å². The number of nitrogens with zero attached hydrogens (tertiary/aromatic N) is 1. The average molecular weight is 167 g/mol. The molecule has 0 atom stereocenters. The van der Waals surface area contributed by atoms with Gasteiger partial charge in [-0.05, 0) is 24.8 Å². The number of rotatable bonds is 3. The van der Waals surface area contributed by atoms with E-state index in [1.54, 1.807) is 6.07 Å². The molecule has 1 aliphatic rings. The molecule has 1 aliphatic carbocycles. The minimum absolute atomic E-state index is 0.325. The summed E-state index contributed by atoms with van der Waals surface area (Å²) in [5, 5.41) is 0. The molecular weight excluding hydrogens is 157 g/mol. The predicted octanol–water partition coefficient (Wildman–Crippen LogP) is 2.01. The molecule has 0 N–H and O–H groups in total. The molecular formula is C9H10FNO. The Morgan fingerprint density at radius 1 is 1.50 bits per heavy atom. The lowest BCUT2D eigenvalue weighted by Crippen LogP contribution is -2.00. The maximum atomic E-state index is 12.4. The fourth-order valence-electron chi connectivity index (χ4n) is 0.935. The summed E-state index contributed by atoms with van der Waals surface area (Å²) in [5.74, 6) is 0.897. The monoisotopic (exact) mass is 167 g/mol. The van der Waals surface area contributed by atoms with Crippen LogP contribution in [0.15, 0.2) is 18.3 Å². The number of ether oxygens (including phenoxy) is 1. The van der Waals surface area contributed by atoms with Gasteiger partial charge >= 0.3 is 0 Å². The summed E-state index contributed by atoms with van der Waals surface area (Å²) in [7, 11) is 0. The quantitative estimate of drug-likeness (QED) is 0.687. The summed E-state index contributed by atoms with van der Waals surface area (Å²) in [4.78, 5) is 3.78. The first-order chi connectivity index (χ1) is 5.84. The van der Waals surface area contributed by atoms with Crippen LogP contribution in [0.1, 0.15) is 12.8 Å². The fraction of sp³-hybridized carbons (Fsp3) is 0.444. The average Bonchev–Trinajstić information content (AvgIpc) is 2.87. The molecule has 12 heavy (non-hydrogen) atoms. The predicted molar refractivity (Wildman–Crippen MR) is 42.4 cm³/mol. The fourth-order valence-corrected chi connectivity index (χ4v) is 0.935. The van der Waals surface area contributed by atoms with Gasteiger partial charge in [0, 0.05) is 6.07 Å². The van der Waals surface area contributed by atoms with Crippen molar-refractivity contribution in [1.82, 2.24) is 4.98 Å². The molecule has 2 nitrogen and oxygen atoms in total. The largest absolute Gasteiger partial charge is 0.477 e. The molecule has 1 aromatic rings. The van der Waals surface area contributed by atoms with Crippen molar-refractivity contribution >= 4 is 0 Å². The Morgan fingerprint density at radius 3 is 2.92 bits per heavy atom. The molecule has 0 saturated heterocycles. The van der Waals surface area contributed by atoms with Gasteiger partial charge in [0.25, 0.3) is 0 Å². The van der Waals surface area contributed by atoms with E-state index in [-0.39, 0.29) is 5.82 Å². The van der Waals surface area contributed by atoms with Crippen LogP contribution in [0.25, 0.3) is 0 Å². The van der Waals surface area contributed by atoms with E-state index >= 15 is 0 Å². The highest BCUT2D eigenvalue weighted by Gasteiger charge is 2.21. The van der Waals surface area contributed by atoms with Crippen molar-refractivity contribution in [3.63, 3.8) is 0 Å². The Labute approximate surface area is 70.4 Å². The van der Waals surface area contributed by atoms with E-state index in [1.807, 2.05) is 0 Å². The van der Waals surface area contributed by atoms with Crippen molar-refractivity contribution in [2.24, 2.45) is 5.92 Å². The van der Waals surface area contributed by atoms with Crippen LogP contribution in [0.3, 0.4) is 0 Å². The van der Waals surface area contributed by atoms with Gasteiger partial charge in [0.15, 0.2) is 0 Å². The second-order valence-electron chi connectivity index (χ2n) is 3.07. The lowest BCUT2D eigenvalue weighted by atomic mass is 10.4. The maximum Gasteiger partial charge on any atom is 0.213 e. The Hall–Kier alpha value is -1.12. The molecule has 1 saturated carbocycles. The summed E-state index contributed by atoms with van der Waals surface area (Å²) in [6, 6.07) is 2.91. The summed E-state index contributed by atoms with van der Waals surface area (Å²) in [6.45, 7) is 0.721. The molecule has 0 radical (unpaired) electrons. The van der Waals surface area contributed by atoms with Crippen molar-refractivity contribution in [3.8, 4) is 5.88 Å². The van der Waals surface area contributed by atoms with E-state index in [9.17, 15) is 4.39 Å². The zero-order valence-corrected chi connectivity index (χ0v) is 6.66. The molecule has 0 spiro atoms. The first kappa shape index (κ1) is 7.53. The summed E-state index contributed by atoms with van der Waals surface area (Å²) < 4.78 is 17.7. The Kier molecular flexibility index (Phi) is 1.94. The maximum absolute atomic E-state index is 12.4. The SMILES string of the molecule is Fc1ccc(OCC2CC2)nc1. The molecule has 0 aliphatic heterocycles. The van der Waals surface area contributed by atoms with E-state index in [1.165, 1.54) is 25.1 Å². The van der Waals surface area contributed by atoms with Crippen molar-refractivity contribution in [2.75, 3.05) is 6.61 Å². The first-order valence-electron chi connectivity index (χ1n) is 4.09. The smallest absolute Gasteiger partial charge is 0.213 e. The van der Waals surface area contributed by atoms with Crippen molar-refractivity contribution in [1.29, 1.82) is 0 Å². The molecule has 0 aromatic carbocycles. The van der Waals surface area contributed by atoms with Crippen LogP contribution in [0.4, 0.5) is 4.39 Å². The number of hydrogen-bond donors (Lipinski definition) is 0. The van der Waals surface area contributed by atoms with Crippen LogP contribution >= 0.6 is 0 Å². The van der Waals surface area contributed by atoms with E-state index in [0.29, 0.717) is 11.8 Å². The van der Waals surface area contributed by atoms with Gasteiger partial charge in [-0.1, -0.05) is 0 Å². The van der Waals surface area contributed by atoms with Gasteiger partial charge in [-0.2, -0.15) is 0 Å². The summed E-state index contributed by atoms with van der Waals surface area (Å²) in [5.41, 5.74) is 0. The highest BCUT2D eigenvalue weighted by molar-refractivity contribution is 5.10. The topological polar surface area (TPSA) is 22.1 Å². The van der Waals surface area contributed by atoms with Crippen molar-refractivity contribution in [3.05, 3.63) is 24.1 Å². The molecule has 1 aromatic heterocycles. The molecule has 0 amide bonds. The van der Waals surface area contributed by atoms with Gasteiger partial charge in [0.2, 0.25) is 5.88 Å². The van der Waals surface area contributed by atoms with E-state index < -0.39 is 0 Å². The zero-order chi connectivity index (χ0) is 8.39. The number of aromatic nitrogens is 1. The second-order valence-corrected chi connectivity index (χ2v) is 3.07. The third kappa shape index (κ3) is 1.94. The van der Waals surface area contributed by atoms with Crippen molar-refractivity contribution < 1.29 is 9.13 Å². The molecule has 1 fully saturated rings. The lowest BCUT2D eigenvalue weighted by molar-refractivity contribution is 0.287. The van der Waals surface area contributed by atoms with Gasteiger partial charge in [0.05, 0.1) is 12.8 Å². The van der Waals surface area contributed by atoms with E-state index in [0.717, 1.165) is 6.61 Å². The number of halogens is 1. The normalized spacial score (nSPS) is 16.1. The van der Waals surface area contributed by atoms with Crippen LogP contribution in [-0.4, -0.2) is 11.6 Å². The highest BCUT2D eigenvalue weighted by Crippen LogP contribution is 2.29. The Balaban J connectivity index is 1.89. The second kappa shape index (κ2) is 3.09. The van der Waals surface area contributed by atoms with Gasteiger partial charge < -0.3 is 4.74 Å². The summed E-state index contributed by atoms with van der Waals surface area (Å²) >= 11 is 0. The number of hydrogen-bond acceptors (Lipinski definition) is 2. The summed E-state index contributed by atoms with van der Waals surface area (Å²) in [6.07, 6.45) is 3.67. The van der Waals surface area contributed by atoms with Gasteiger partial charge in [-0.15, -0.1) is 0 Å². The molecule has 64 valence electrons. The minimum Gasteiger partial charge on any atom is -0.477 e. The van der Waals surface area contributed by atoms with Gasteiger partial charge in [-0.25, -0.2) is 9.37 Å². The molecule has 0 unspecified atom stereocenters. The minimum atomic E-state index is -0.325. The molecule has 3 heteroatoms. The van der Waals surface area contributed by atoms with E-state index in [4.69, 9.17) is 4.74 Å². The van der Waals surface area contributed by atoms with Crippen LogP contribution in [0.2, 0.25) is 0 Å². The van der Waals surface area contributed by atoms with Crippen LogP contribution in [0.5, 0.6) is 5.88 Å². The first-order valence-corrected chi connectivity index (χ1v) is 4.09. The standard InChI is InChI=1S/C9H10FNO/c10-8-3-4-9(11-5-8)12-6-7-1-2-7/h3-5,7H,1-2,6H2. The molecule has 1 heterocycles. The zero-order valence-electron chi connectivity index (χ0n) is 6.66. The molecule has 2 rings (SSSR count). The third-order valence-electron chi connectivity index (χ3n) is 1.86. The highest BCUT2D eigenvalue weighted by atomic mass is 19.1. The van der Waals surface area contributed by atoms with Crippen LogP contribution in [0, 0.1) is 11.7 Å². The molecule has 0 bridgehead atoms. The van der Waals surface area contributed by atoms with Crippen LogP contribution in [-0.2, 0) is 0 Å². The Morgan fingerprint density at radius 2 is 2.33 bits per heavy atom. The van der Waals surface area contributed by atoms with Gasteiger partial charge in [-0.3, -0.25) is 0 Å². The van der Waals surface area contributed by atoms with Crippen molar-refractivity contribution in [2.45, 2.75) is 12.8 Å². The Bertz CT molecular complexity index is 256.